The maximum atomic E-state index is 14.3. The molecular weight excluding hydrogens is 1200 g/mol. The van der Waals surface area contributed by atoms with E-state index >= 15 is 0 Å². The molecule has 6 amide bonds. The van der Waals surface area contributed by atoms with Gasteiger partial charge in [0.15, 0.2) is 0 Å². The Morgan fingerprint density at radius 2 is 1.43 bits per heavy atom. The lowest BCUT2D eigenvalue weighted by atomic mass is 10.0. The summed E-state index contributed by atoms with van der Waals surface area (Å²) < 4.78 is 10.7. The number of benzene rings is 1. The van der Waals surface area contributed by atoms with Crippen molar-refractivity contribution in [1.82, 2.24) is 61.5 Å². The van der Waals surface area contributed by atoms with Gasteiger partial charge in [0.2, 0.25) is 11.8 Å². The number of amides is 6. The topological polar surface area (TPSA) is 341 Å². The third-order valence-electron chi connectivity index (χ3n) is 12.7. The van der Waals surface area contributed by atoms with Crippen molar-refractivity contribution in [3.63, 3.8) is 0 Å². The van der Waals surface area contributed by atoms with E-state index < -0.39 is 72.4 Å². The van der Waals surface area contributed by atoms with Crippen LogP contribution in [0.2, 0.25) is 0 Å². The smallest absolute Gasteiger partial charge is 0.412 e. The first-order chi connectivity index (χ1) is 40.5. The van der Waals surface area contributed by atoms with Crippen molar-refractivity contribution in [3.05, 3.63) is 111 Å². The molecule has 30 heteroatoms. The Bertz CT molecular complexity index is 3700. The highest BCUT2D eigenvalue weighted by Gasteiger charge is 2.33. The number of hydrogen-bond acceptors (Lipinski definition) is 23. The third-order valence-corrected chi connectivity index (χ3v) is 18.5. The minimum atomic E-state index is -1.28. The Morgan fingerprint density at radius 3 is 2.19 bits per heavy atom. The molecule has 0 saturated carbocycles. The average Bonchev–Trinajstić information content (AvgIpc) is 3.24. The maximum Gasteiger partial charge on any atom is 0.412 e. The Hall–Kier alpha value is -7.84. The second-order valence-corrected chi connectivity index (χ2v) is 25.0. The van der Waals surface area contributed by atoms with E-state index in [-0.39, 0.29) is 59.9 Å². The highest BCUT2D eigenvalue weighted by molar-refractivity contribution is 7.15. The van der Waals surface area contributed by atoms with Crippen molar-refractivity contribution in [2.24, 2.45) is 5.92 Å². The minimum Gasteiger partial charge on any atom is -0.481 e. The van der Waals surface area contributed by atoms with E-state index in [0.29, 0.717) is 88.0 Å². The van der Waals surface area contributed by atoms with Crippen LogP contribution in [-0.2, 0) is 30.5 Å². The molecule has 0 fully saturated rings. The zero-order chi connectivity index (χ0) is 59.6. The highest BCUT2D eigenvalue weighted by Crippen LogP contribution is 2.40. The number of nitrogens with one attached hydrogen (secondary N) is 6. The van der Waals surface area contributed by atoms with E-state index in [1.807, 2.05) is 13.8 Å². The molecule has 7 aromatic heterocycles. The molecular formula is C54H55N13O11S6. The predicted molar refractivity (Wildman–Crippen MR) is 318 cm³/mol. The van der Waals surface area contributed by atoms with Gasteiger partial charge in [0.05, 0.1) is 48.8 Å². The number of carboxylic acids is 1. The van der Waals surface area contributed by atoms with Crippen molar-refractivity contribution in [2.45, 2.75) is 83.7 Å². The molecule has 10 bridgehead atoms. The number of aliphatic carboxylic acids is 1. The second-order valence-electron chi connectivity index (χ2n) is 19.1. The fourth-order valence-corrected chi connectivity index (χ4v) is 14.0. The Balaban J connectivity index is 1.09. The lowest BCUT2D eigenvalue weighted by Crippen LogP contribution is -2.40. The quantitative estimate of drug-likeness (QED) is 0.0446. The van der Waals surface area contributed by atoms with E-state index in [9.17, 15) is 38.7 Å². The summed E-state index contributed by atoms with van der Waals surface area (Å²) in [6, 6.07) is 9.41. The zero-order valence-corrected chi connectivity index (χ0v) is 50.4. The molecule has 0 radical (unpaired) electrons. The molecule has 9 rings (SSSR count). The van der Waals surface area contributed by atoms with E-state index in [2.05, 4.69) is 46.9 Å². The minimum absolute atomic E-state index is 0.00183. The number of unbranched alkanes of at least 4 members (excludes halogenated alkanes) is 2. The van der Waals surface area contributed by atoms with E-state index in [4.69, 9.17) is 34.5 Å². The average molecular weight is 1250 g/mol. The molecule has 0 unspecified atom stereocenters. The summed E-state index contributed by atoms with van der Waals surface area (Å²) in [4.78, 5) is 128. The molecule has 84 heavy (non-hydrogen) atoms. The van der Waals surface area contributed by atoms with Gasteiger partial charge < -0.3 is 46.3 Å². The van der Waals surface area contributed by atoms with Gasteiger partial charge in [-0.15, -0.1) is 68.0 Å². The molecule has 438 valence electrons. The van der Waals surface area contributed by atoms with Crippen LogP contribution in [0.5, 0.6) is 0 Å². The van der Waals surface area contributed by atoms with Crippen LogP contribution in [0.1, 0.15) is 132 Å². The molecule has 0 saturated heterocycles. The number of carbonyl (C=O) groups excluding carboxylic acids is 6. The van der Waals surface area contributed by atoms with Crippen molar-refractivity contribution in [3.8, 4) is 43.4 Å². The number of pyridine rings is 1. The summed E-state index contributed by atoms with van der Waals surface area (Å²) in [6.45, 7) is 5.03. The number of anilines is 1. The lowest BCUT2D eigenvalue weighted by molar-refractivity contribution is -0.137. The number of carbonyl (C=O) groups is 7. The van der Waals surface area contributed by atoms with Gasteiger partial charge in [-0.2, -0.15) is 0 Å². The summed E-state index contributed by atoms with van der Waals surface area (Å²) in [5.74, 6) is -3.84. The number of thiazole rings is 6. The van der Waals surface area contributed by atoms with E-state index in [0.717, 1.165) is 22.7 Å². The van der Waals surface area contributed by atoms with Crippen LogP contribution in [0, 0.1) is 12.8 Å². The molecule has 4 atom stereocenters. The predicted octanol–water partition coefficient (Wildman–Crippen LogP) is 8.51. The van der Waals surface area contributed by atoms with Gasteiger partial charge in [0.25, 0.3) is 17.7 Å². The Morgan fingerprint density at radius 1 is 0.702 bits per heavy atom. The number of methoxy groups -OCH3 is 1. The van der Waals surface area contributed by atoms with Gasteiger partial charge in [0, 0.05) is 52.5 Å². The molecule has 1 aliphatic heterocycles. The third kappa shape index (κ3) is 14.7. The van der Waals surface area contributed by atoms with Crippen molar-refractivity contribution in [1.29, 1.82) is 0 Å². The monoisotopic (exact) mass is 1250 g/mol. The summed E-state index contributed by atoms with van der Waals surface area (Å²) in [7, 11) is 2.93. The second kappa shape index (κ2) is 27.7. The summed E-state index contributed by atoms with van der Waals surface area (Å²) in [6.07, 6.45) is -0.669. The van der Waals surface area contributed by atoms with Crippen LogP contribution in [-0.4, -0.2) is 114 Å². The zero-order valence-electron chi connectivity index (χ0n) is 45.5. The molecule has 8 heterocycles. The highest BCUT2D eigenvalue weighted by atomic mass is 32.1. The number of fused-ring (bicyclic) bond motifs is 14. The first-order valence-corrected chi connectivity index (χ1v) is 31.2. The number of ether oxygens (including phenoxy) is 2. The maximum absolute atomic E-state index is 14.3. The van der Waals surface area contributed by atoms with Crippen molar-refractivity contribution in [2.75, 3.05) is 32.6 Å². The number of aliphatic hydroxyl groups excluding tert-OH is 1. The van der Waals surface area contributed by atoms with Crippen LogP contribution < -0.4 is 31.9 Å². The number of hydrogen-bond donors (Lipinski definition) is 8. The summed E-state index contributed by atoms with van der Waals surface area (Å²) >= 11 is 7.11. The number of aliphatic hydroxyl groups is 1. The number of rotatable bonds is 15. The molecule has 0 spiro atoms. The normalized spacial score (nSPS) is 16.2. The number of aryl methyl sites for hydroxylation is 1. The van der Waals surface area contributed by atoms with Gasteiger partial charge >= 0.3 is 12.1 Å². The van der Waals surface area contributed by atoms with Gasteiger partial charge in [-0.05, 0) is 49.8 Å². The SMILES string of the molecule is CNC(=O)C[C@@H]1NC(=O)c2csc(n2)-c2ccc(-c3nc(NC(=O)OCCCCCC(=O)O)cs3)nc2-c2csc(n2)-c2csc(n2)[C@H]([C@@H](O)c2ccccc2)NC(=O)CNC(=O)c2nc(sc2COC)[C@@H](C(C)C)NC(=O)c2nc1sc2C. The van der Waals surface area contributed by atoms with Gasteiger partial charge in [-0.1, -0.05) is 44.2 Å². The summed E-state index contributed by atoms with van der Waals surface area (Å²) in [5, 5.41) is 46.5. The fraction of sp³-hybridized carbons (Fsp3) is 0.333. The largest absolute Gasteiger partial charge is 0.481 e. The number of carboxylic acid groups (broad SMARTS) is 1. The van der Waals surface area contributed by atoms with Gasteiger partial charge in [0.1, 0.15) is 82.2 Å². The molecule has 1 aromatic carbocycles. The van der Waals surface area contributed by atoms with Crippen LogP contribution >= 0.6 is 68.0 Å². The standard InChI is InChI=1S/C54H55N13O11S6/c1-25(2)39-53-67-42(34(84-53)20-77-5)46(74)56-19-37(69)64-43(44(72)27-12-8-6-9-13-27)52-61-33(23-81-52)50-59-31(21-80-50)41-28(15-16-29(57-41)49-62-35(24-82-49)63-54(76)78-17-11-7-10-14-38(70)71)48-60-32(22-79-48)45(73)58-30(18-36(68)55-4)51-66-40(26(3)83-51)47(75)65-39/h6,8-9,12-13,15-16,21-25,30,39,43-44,72H,7,10-11,14,17-20H2,1-5H3,(H,55,68)(H,56,74)(H,58,73)(H,63,76)(H,64,69)(H,65,75)(H,70,71)/t30-,39+,43-,44-/m0/s1. The van der Waals surface area contributed by atoms with Crippen LogP contribution in [0.3, 0.4) is 0 Å². The van der Waals surface area contributed by atoms with E-state index in [1.54, 1.807) is 70.9 Å². The Labute approximate surface area is 504 Å². The first-order valence-electron chi connectivity index (χ1n) is 26.1. The van der Waals surface area contributed by atoms with E-state index in [1.165, 1.54) is 59.5 Å². The van der Waals surface area contributed by atoms with Gasteiger partial charge in [-0.25, -0.2) is 39.7 Å². The molecule has 8 N–H and O–H groups in total. The van der Waals surface area contributed by atoms with Crippen molar-refractivity contribution < 1.29 is 53.2 Å². The molecule has 0 aliphatic carbocycles. The first kappa shape index (κ1) is 60.7. The van der Waals surface area contributed by atoms with Gasteiger partial charge in [-0.3, -0.25) is 34.1 Å². The Kier molecular flexibility index (Phi) is 20.0. The van der Waals surface area contributed by atoms with Crippen LogP contribution in [0.15, 0.2) is 64.0 Å². The molecule has 24 nitrogen and oxygen atoms in total. The van der Waals surface area contributed by atoms with Crippen LogP contribution in [0.4, 0.5) is 10.6 Å². The molecule has 8 aromatic rings. The molecule has 1 aliphatic rings. The number of aromatic nitrogens is 7. The fourth-order valence-electron chi connectivity index (χ4n) is 8.50. The summed E-state index contributed by atoms with van der Waals surface area (Å²) in [5.41, 5.74) is 2.61. The number of nitrogens with zero attached hydrogens (tertiary/aromatic N) is 7. The van der Waals surface area contributed by atoms with Crippen LogP contribution in [0.25, 0.3) is 43.4 Å². The van der Waals surface area contributed by atoms with Crippen molar-refractivity contribution >= 4 is 115 Å². The lowest BCUT2D eigenvalue weighted by Gasteiger charge is -2.23.